The molecular formula is C23H27N5O. The Bertz CT molecular complexity index is 958. The zero-order valence-corrected chi connectivity index (χ0v) is 17.0. The van der Waals surface area contributed by atoms with Gasteiger partial charge < -0.3 is 5.32 Å². The predicted octanol–water partition coefficient (Wildman–Crippen LogP) is 4.38. The second kappa shape index (κ2) is 8.55. The first-order valence-corrected chi connectivity index (χ1v) is 10.3. The summed E-state index contributed by atoms with van der Waals surface area (Å²) in [5, 5.41) is 7.76. The van der Waals surface area contributed by atoms with Crippen molar-refractivity contribution in [3.05, 3.63) is 66.4 Å². The van der Waals surface area contributed by atoms with Gasteiger partial charge in [-0.3, -0.25) is 9.48 Å². The van der Waals surface area contributed by atoms with E-state index in [1.807, 2.05) is 35.1 Å². The third-order valence-corrected chi connectivity index (χ3v) is 5.70. The van der Waals surface area contributed by atoms with Gasteiger partial charge in [0.1, 0.15) is 6.33 Å². The number of amides is 1. The summed E-state index contributed by atoms with van der Waals surface area (Å²) in [5.41, 5.74) is 3.84. The predicted molar refractivity (Wildman–Crippen MR) is 113 cm³/mol. The quantitative estimate of drug-likeness (QED) is 0.703. The van der Waals surface area contributed by atoms with Crippen molar-refractivity contribution in [1.29, 1.82) is 0 Å². The molecule has 1 aliphatic carbocycles. The zero-order valence-electron chi connectivity index (χ0n) is 17.0. The molecule has 2 heterocycles. The summed E-state index contributed by atoms with van der Waals surface area (Å²) in [6, 6.07) is 10.4. The van der Waals surface area contributed by atoms with Crippen LogP contribution in [0.3, 0.4) is 0 Å². The Hall–Kier alpha value is -3.02. The van der Waals surface area contributed by atoms with Gasteiger partial charge in [-0.2, -0.15) is 5.10 Å². The molecule has 6 heteroatoms. The molecule has 1 saturated carbocycles. The molecule has 2 aromatic heterocycles. The molecule has 0 aliphatic heterocycles. The Kier molecular flexibility index (Phi) is 5.69. The van der Waals surface area contributed by atoms with Gasteiger partial charge in [-0.1, -0.05) is 26.0 Å². The van der Waals surface area contributed by atoms with Crippen LogP contribution < -0.4 is 5.32 Å². The lowest BCUT2D eigenvalue weighted by Gasteiger charge is -2.29. The van der Waals surface area contributed by atoms with E-state index in [1.165, 1.54) is 5.56 Å². The van der Waals surface area contributed by atoms with Crippen LogP contribution in [0.2, 0.25) is 0 Å². The van der Waals surface area contributed by atoms with Gasteiger partial charge in [-0.05, 0) is 55.4 Å². The van der Waals surface area contributed by atoms with Crippen LogP contribution in [0.1, 0.15) is 67.4 Å². The Morgan fingerprint density at radius 1 is 1.17 bits per heavy atom. The van der Waals surface area contributed by atoms with Crippen molar-refractivity contribution in [3.63, 3.8) is 0 Å². The average molecular weight is 390 g/mol. The van der Waals surface area contributed by atoms with Crippen molar-refractivity contribution in [2.24, 2.45) is 0 Å². The largest absolute Gasteiger partial charge is 0.349 e. The topological polar surface area (TPSA) is 72.7 Å². The highest BCUT2D eigenvalue weighted by Crippen LogP contribution is 2.29. The molecule has 0 atom stereocenters. The summed E-state index contributed by atoms with van der Waals surface area (Å²) in [6.07, 6.45) is 11.1. The smallest absolute Gasteiger partial charge is 0.251 e. The van der Waals surface area contributed by atoms with Gasteiger partial charge in [-0.15, -0.1) is 0 Å². The molecule has 1 amide bonds. The number of nitrogens with zero attached hydrogens (tertiary/aromatic N) is 4. The lowest BCUT2D eigenvalue weighted by Crippen LogP contribution is -2.38. The average Bonchev–Trinajstić information content (AvgIpc) is 3.25. The van der Waals surface area contributed by atoms with Gasteiger partial charge in [0.25, 0.3) is 5.91 Å². The first-order chi connectivity index (χ1) is 14.1. The summed E-state index contributed by atoms with van der Waals surface area (Å²) >= 11 is 0. The minimum absolute atomic E-state index is 0.0288. The van der Waals surface area contributed by atoms with E-state index in [0.29, 0.717) is 12.0 Å². The number of carbonyl (C=O) groups is 1. The Balaban J connectivity index is 1.33. The molecule has 1 N–H and O–H groups in total. The van der Waals surface area contributed by atoms with Crippen molar-refractivity contribution >= 4 is 5.91 Å². The lowest BCUT2D eigenvalue weighted by atomic mass is 9.91. The minimum atomic E-state index is 0.0288. The fourth-order valence-corrected chi connectivity index (χ4v) is 3.92. The van der Waals surface area contributed by atoms with E-state index in [0.717, 1.165) is 42.5 Å². The minimum Gasteiger partial charge on any atom is -0.349 e. The molecule has 0 unspecified atom stereocenters. The first-order valence-electron chi connectivity index (χ1n) is 10.3. The van der Waals surface area contributed by atoms with Crippen LogP contribution in [0, 0.1) is 0 Å². The van der Waals surface area contributed by atoms with Gasteiger partial charge in [0, 0.05) is 29.6 Å². The van der Waals surface area contributed by atoms with Crippen molar-refractivity contribution < 1.29 is 4.79 Å². The van der Waals surface area contributed by atoms with E-state index in [2.05, 4.69) is 46.5 Å². The molecule has 6 nitrogen and oxygen atoms in total. The van der Waals surface area contributed by atoms with Crippen LogP contribution in [0.5, 0.6) is 0 Å². The third-order valence-electron chi connectivity index (χ3n) is 5.70. The highest BCUT2D eigenvalue weighted by atomic mass is 16.1. The lowest BCUT2D eigenvalue weighted by molar-refractivity contribution is 0.0921. The van der Waals surface area contributed by atoms with Crippen LogP contribution in [-0.2, 0) is 0 Å². The number of aromatic nitrogens is 4. The number of hydrogen-bond donors (Lipinski definition) is 1. The summed E-state index contributed by atoms with van der Waals surface area (Å²) in [4.78, 5) is 20.9. The van der Waals surface area contributed by atoms with Crippen LogP contribution >= 0.6 is 0 Å². The van der Waals surface area contributed by atoms with Crippen molar-refractivity contribution in [2.75, 3.05) is 0 Å². The summed E-state index contributed by atoms with van der Waals surface area (Å²) in [6.45, 7) is 4.29. The molecule has 0 bridgehead atoms. The number of benzene rings is 1. The monoisotopic (exact) mass is 389 g/mol. The molecule has 0 radical (unpaired) electrons. The maximum Gasteiger partial charge on any atom is 0.251 e. The highest BCUT2D eigenvalue weighted by molar-refractivity contribution is 5.94. The van der Waals surface area contributed by atoms with Crippen LogP contribution in [0.15, 0.2) is 55.2 Å². The maximum absolute atomic E-state index is 12.7. The zero-order chi connectivity index (χ0) is 20.2. The fraction of sp³-hybridized carbons (Fsp3) is 0.391. The van der Waals surface area contributed by atoms with Crippen LogP contribution in [-0.4, -0.2) is 31.7 Å². The highest BCUT2D eigenvalue weighted by Gasteiger charge is 2.24. The molecule has 4 rings (SSSR count). The molecule has 1 fully saturated rings. The van der Waals surface area contributed by atoms with Crippen LogP contribution in [0.25, 0.3) is 11.3 Å². The van der Waals surface area contributed by atoms with Crippen molar-refractivity contribution in [1.82, 2.24) is 25.1 Å². The van der Waals surface area contributed by atoms with Gasteiger partial charge in [0.15, 0.2) is 0 Å². The number of carbonyl (C=O) groups excluding carboxylic acids is 1. The van der Waals surface area contributed by atoms with Gasteiger partial charge >= 0.3 is 0 Å². The molecule has 1 aliphatic rings. The Morgan fingerprint density at radius 3 is 2.72 bits per heavy atom. The summed E-state index contributed by atoms with van der Waals surface area (Å²) in [7, 11) is 0. The Labute approximate surface area is 171 Å². The van der Waals surface area contributed by atoms with Crippen LogP contribution in [0.4, 0.5) is 0 Å². The second-order valence-corrected chi connectivity index (χ2v) is 8.06. The molecule has 1 aromatic carbocycles. The van der Waals surface area contributed by atoms with E-state index in [1.54, 1.807) is 12.5 Å². The standard InChI is InChI=1S/C23H27N5O/c1-16(2)17-4-3-5-18(12-17)23(29)27-20-6-8-21(9-7-20)28-14-19(13-26-28)22-10-11-24-15-25-22/h3-5,10-16,20-21H,6-9H2,1-2H3,(H,27,29). The first kappa shape index (κ1) is 19.3. The fourth-order valence-electron chi connectivity index (χ4n) is 3.92. The third kappa shape index (κ3) is 4.53. The molecule has 150 valence electrons. The second-order valence-electron chi connectivity index (χ2n) is 8.06. The van der Waals surface area contributed by atoms with Gasteiger partial charge in [-0.25, -0.2) is 9.97 Å². The number of rotatable bonds is 5. The number of hydrogen-bond acceptors (Lipinski definition) is 4. The van der Waals surface area contributed by atoms with Gasteiger partial charge in [0.2, 0.25) is 0 Å². The molecule has 3 aromatic rings. The van der Waals surface area contributed by atoms with E-state index >= 15 is 0 Å². The number of nitrogens with one attached hydrogen (secondary N) is 1. The van der Waals surface area contributed by atoms with E-state index in [4.69, 9.17) is 0 Å². The van der Waals surface area contributed by atoms with Crippen molar-refractivity contribution in [2.45, 2.75) is 57.5 Å². The SMILES string of the molecule is CC(C)c1cccc(C(=O)NC2CCC(n3cc(-c4ccncn4)cn3)CC2)c1. The summed E-state index contributed by atoms with van der Waals surface area (Å²) < 4.78 is 2.04. The van der Waals surface area contributed by atoms with E-state index in [9.17, 15) is 4.79 Å². The summed E-state index contributed by atoms with van der Waals surface area (Å²) in [5.74, 6) is 0.445. The van der Waals surface area contributed by atoms with E-state index in [-0.39, 0.29) is 11.9 Å². The van der Waals surface area contributed by atoms with Crippen molar-refractivity contribution in [3.8, 4) is 11.3 Å². The molecule has 0 saturated heterocycles. The molecular weight excluding hydrogens is 362 g/mol. The Morgan fingerprint density at radius 2 is 2.00 bits per heavy atom. The molecule has 0 spiro atoms. The van der Waals surface area contributed by atoms with Gasteiger partial charge in [0.05, 0.1) is 17.9 Å². The normalized spacial score (nSPS) is 19.3. The molecule has 29 heavy (non-hydrogen) atoms. The van der Waals surface area contributed by atoms with E-state index < -0.39 is 0 Å². The maximum atomic E-state index is 12.7.